The number of hydrogen-bond donors (Lipinski definition) is 1. The molecule has 88 valence electrons. The van der Waals surface area contributed by atoms with Crippen LogP contribution in [-0.4, -0.2) is 55.5 Å². The second-order valence-electron chi connectivity index (χ2n) is 3.97. The SMILES string of the molecule is CS(=O)(=O)CC(=O)N(CCO)C1CCC1. The Morgan fingerprint density at radius 1 is 1.47 bits per heavy atom. The molecule has 0 aromatic carbocycles. The van der Waals surface area contributed by atoms with Gasteiger partial charge in [-0.1, -0.05) is 0 Å². The number of rotatable bonds is 5. The maximum Gasteiger partial charge on any atom is 0.238 e. The molecule has 0 heterocycles. The van der Waals surface area contributed by atoms with E-state index in [1.165, 1.54) is 4.90 Å². The van der Waals surface area contributed by atoms with Crippen LogP contribution in [0.1, 0.15) is 19.3 Å². The monoisotopic (exact) mass is 235 g/mol. The Balaban J connectivity index is 2.58. The predicted molar refractivity (Wildman–Crippen MR) is 56.1 cm³/mol. The fraction of sp³-hybridized carbons (Fsp3) is 0.889. The van der Waals surface area contributed by atoms with Gasteiger partial charge >= 0.3 is 0 Å². The highest BCUT2D eigenvalue weighted by Crippen LogP contribution is 2.24. The van der Waals surface area contributed by atoms with E-state index in [-0.39, 0.29) is 19.2 Å². The molecule has 5 nitrogen and oxygen atoms in total. The second-order valence-corrected chi connectivity index (χ2v) is 6.11. The van der Waals surface area contributed by atoms with E-state index in [9.17, 15) is 13.2 Å². The van der Waals surface area contributed by atoms with Gasteiger partial charge in [-0.2, -0.15) is 0 Å². The van der Waals surface area contributed by atoms with Gasteiger partial charge in [-0.3, -0.25) is 4.79 Å². The van der Waals surface area contributed by atoms with E-state index in [2.05, 4.69) is 0 Å². The van der Waals surface area contributed by atoms with E-state index in [0.29, 0.717) is 0 Å². The van der Waals surface area contributed by atoms with E-state index in [1.54, 1.807) is 0 Å². The molecule has 0 radical (unpaired) electrons. The van der Waals surface area contributed by atoms with E-state index < -0.39 is 21.5 Å². The van der Waals surface area contributed by atoms with E-state index >= 15 is 0 Å². The molecule has 1 saturated carbocycles. The zero-order valence-corrected chi connectivity index (χ0v) is 9.66. The summed E-state index contributed by atoms with van der Waals surface area (Å²) in [7, 11) is -3.28. The number of aliphatic hydroxyl groups excluding tert-OH is 1. The van der Waals surface area contributed by atoms with Crippen LogP contribution in [0, 0.1) is 0 Å². The fourth-order valence-electron chi connectivity index (χ4n) is 1.62. The topological polar surface area (TPSA) is 74.7 Å². The minimum atomic E-state index is -3.28. The maximum atomic E-state index is 11.6. The molecule has 0 spiro atoms. The normalized spacial score (nSPS) is 17.2. The Kier molecular flexibility index (Phi) is 4.10. The summed E-state index contributed by atoms with van der Waals surface area (Å²) in [4.78, 5) is 13.1. The quantitative estimate of drug-likeness (QED) is 0.691. The lowest BCUT2D eigenvalue weighted by Crippen LogP contribution is -2.47. The number of sulfone groups is 1. The van der Waals surface area contributed by atoms with Gasteiger partial charge < -0.3 is 10.0 Å². The minimum Gasteiger partial charge on any atom is -0.395 e. The van der Waals surface area contributed by atoms with Gasteiger partial charge in [0, 0.05) is 18.8 Å². The van der Waals surface area contributed by atoms with Crippen molar-refractivity contribution in [1.82, 2.24) is 4.90 Å². The molecular formula is C9H17NO4S. The lowest BCUT2D eigenvalue weighted by molar-refractivity contribution is -0.133. The lowest BCUT2D eigenvalue weighted by Gasteiger charge is -2.37. The van der Waals surface area contributed by atoms with Crippen LogP contribution in [0.5, 0.6) is 0 Å². The average molecular weight is 235 g/mol. The molecule has 6 heteroatoms. The number of hydrogen-bond acceptors (Lipinski definition) is 4. The van der Waals surface area contributed by atoms with Crippen molar-refractivity contribution >= 4 is 15.7 Å². The Hall–Kier alpha value is -0.620. The zero-order valence-electron chi connectivity index (χ0n) is 8.85. The number of aliphatic hydroxyl groups is 1. The molecule has 1 aliphatic rings. The van der Waals surface area contributed by atoms with Crippen LogP contribution in [-0.2, 0) is 14.6 Å². The van der Waals surface area contributed by atoms with Gasteiger partial charge in [0.15, 0.2) is 9.84 Å². The largest absolute Gasteiger partial charge is 0.395 e. The summed E-state index contributed by atoms with van der Waals surface area (Å²) in [6.07, 6.45) is 3.94. The third-order valence-electron chi connectivity index (χ3n) is 2.56. The molecule has 1 fully saturated rings. The van der Waals surface area contributed by atoms with Crippen molar-refractivity contribution in [3.8, 4) is 0 Å². The highest BCUT2D eigenvalue weighted by Gasteiger charge is 2.29. The van der Waals surface area contributed by atoms with Crippen molar-refractivity contribution in [1.29, 1.82) is 0 Å². The number of amides is 1. The van der Waals surface area contributed by atoms with Crippen LogP contribution >= 0.6 is 0 Å². The standard InChI is InChI=1S/C9H17NO4S/c1-15(13,14)7-9(12)10(5-6-11)8-3-2-4-8/h8,11H,2-7H2,1H3. The molecule has 1 rings (SSSR count). The van der Waals surface area contributed by atoms with Gasteiger partial charge in [0.25, 0.3) is 0 Å². The second kappa shape index (κ2) is 4.94. The Bertz CT molecular complexity index is 321. The third-order valence-corrected chi connectivity index (χ3v) is 3.33. The van der Waals surface area contributed by atoms with Crippen molar-refractivity contribution < 1.29 is 18.3 Å². The average Bonchev–Trinajstić information content (AvgIpc) is 1.96. The molecule has 0 aromatic heterocycles. The smallest absolute Gasteiger partial charge is 0.238 e. The molecule has 0 aliphatic heterocycles. The van der Waals surface area contributed by atoms with Crippen molar-refractivity contribution in [3.05, 3.63) is 0 Å². The van der Waals surface area contributed by atoms with Gasteiger partial charge in [0.2, 0.25) is 5.91 Å². The van der Waals surface area contributed by atoms with Gasteiger partial charge in [0.1, 0.15) is 5.75 Å². The maximum absolute atomic E-state index is 11.6. The Labute approximate surface area is 90.0 Å². The molecule has 0 bridgehead atoms. The van der Waals surface area contributed by atoms with Crippen LogP contribution in [0.3, 0.4) is 0 Å². The van der Waals surface area contributed by atoms with E-state index in [1.807, 2.05) is 0 Å². The summed E-state index contributed by atoms with van der Waals surface area (Å²) in [5.74, 6) is -0.847. The zero-order chi connectivity index (χ0) is 11.5. The van der Waals surface area contributed by atoms with E-state index in [0.717, 1.165) is 25.5 Å². The minimum absolute atomic E-state index is 0.119. The van der Waals surface area contributed by atoms with Gasteiger partial charge in [-0.15, -0.1) is 0 Å². The first-order valence-corrected chi connectivity index (χ1v) is 7.08. The van der Waals surface area contributed by atoms with Crippen molar-refractivity contribution in [2.75, 3.05) is 25.2 Å². The fourth-order valence-corrected chi connectivity index (χ4v) is 2.24. The van der Waals surface area contributed by atoms with Gasteiger partial charge in [0.05, 0.1) is 6.61 Å². The molecule has 0 atom stereocenters. The summed E-state index contributed by atoms with van der Waals surface area (Å²) in [6.45, 7) is 0.116. The molecule has 1 aliphatic carbocycles. The number of carbonyl (C=O) groups is 1. The van der Waals surface area contributed by atoms with Crippen LogP contribution in [0.25, 0.3) is 0 Å². The summed E-state index contributed by atoms with van der Waals surface area (Å²) in [5.41, 5.74) is 0. The first-order valence-electron chi connectivity index (χ1n) is 5.02. The third kappa shape index (κ3) is 3.79. The summed E-state index contributed by atoms with van der Waals surface area (Å²) in [6, 6.07) is 0.131. The van der Waals surface area contributed by atoms with Crippen LogP contribution in [0.2, 0.25) is 0 Å². The predicted octanol–water partition coefficient (Wildman–Crippen LogP) is -0.596. The molecular weight excluding hydrogens is 218 g/mol. The Morgan fingerprint density at radius 3 is 2.40 bits per heavy atom. The van der Waals surface area contributed by atoms with Crippen molar-refractivity contribution in [2.24, 2.45) is 0 Å². The highest BCUT2D eigenvalue weighted by atomic mass is 32.2. The summed E-state index contributed by atoms with van der Waals surface area (Å²) < 4.78 is 21.9. The van der Waals surface area contributed by atoms with Crippen molar-refractivity contribution in [3.63, 3.8) is 0 Å². The summed E-state index contributed by atoms with van der Waals surface area (Å²) in [5, 5.41) is 8.81. The molecule has 0 saturated heterocycles. The highest BCUT2D eigenvalue weighted by molar-refractivity contribution is 7.91. The summed E-state index contributed by atoms with van der Waals surface area (Å²) >= 11 is 0. The van der Waals surface area contributed by atoms with Gasteiger partial charge in [-0.25, -0.2) is 8.42 Å². The van der Waals surface area contributed by atoms with Crippen LogP contribution in [0.4, 0.5) is 0 Å². The van der Waals surface area contributed by atoms with Gasteiger partial charge in [-0.05, 0) is 19.3 Å². The van der Waals surface area contributed by atoms with E-state index in [4.69, 9.17) is 5.11 Å². The lowest BCUT2D eigenvalue weighted by atomic mass is 9.91. The van der Waals surface area contributed by atoms with Crippen LogP contribution < -0.4 is 0 Å². The molecule has 0 unspecified atom stereocenters. The molecule has 1 amide bonds. The Morgan fingerprint density at radius 2 is 2.07 bits per heavy atom. The molecule has 0 aromatic rings. The van der Waals surface area contributed by atoms with Crippen LogP contribution in [0.15, 0.2) is 0 Å². The first kappa shape index (κ1) is 12.4. The molecule has 1 N–H and O–H groups in total. The first-order chi connectivity index (χ1) is 6.94. The number of nitrogens with zero attached hydrogens (tertiary/aromatic N) is 1. The molecule has 15 heavy (non-hydrogen) atoms. The number of carbonyl (C=O) groups excluding carboxylic acids is 1. The van der Waals surface area contributed by atoms with Crippen molar-refractivity contribution in [2.45, 2.75) is 25.3 Å².